The van der Waals surface area contributed by atoms with Crippen LogP contribution in [0.3, 0.4) is 0 Å². The van der Waals surface area contributed by atoms with Crippen LogP contribution in [0.15, 0.2) is 0 Å². The van der Waals surface area contributed by atoms with Gasteiger partial charge in [0.1, 0.15) is 0 Å². The summed E-state index contributed by atoms with van der Waals surface area (Å²) in [5, 5.41) is 0. The molecule has 4 nitrogen and oxygen atoms in total. The number of rotatable bonds is 9. The van der Waals surface area contributed by atoms with Crippen molar-refractivity contribution in [1.82, 2.24) is 0 Å². The van der Waals surface area contributed by atoms with Crippen LogP contribution < -0.4 is 0 Å². The SMILES string of the molecule is C[Si](C)(C)[Si](C)(C)O[Si]([O])(O[Si](C)(C)[Si](C)(C)C)O[Si](C)(C)[Si](C)(C)C. The van der Waals surface area contributed by atoms with Crippen molar-refractivity contribution in [3.63, 3.8) is 0 Å². The summed E-state index contributed by atoms with van der Waals surface area (Å²) in [6.07, 6.45) is 0. The molecule has 0 rings (SSSR count). The second kappa shape index (κ2) is 7.89. The van der Waals surface area contributed by atoms with Gasteiger partial charge in [-0.1, -0.05) is 58.9 Å². The lowest BCUT2D eigenvalue weighted by Gasteiger charge is -2.47. The smallest absolute Gasteiger partial charge is 0.397 e. The third-order valence-electron chi connectivity index (χ3n) is 6.56. The van der Waals surface area contributed by atoms with Gasteiger partial charge in [0.15, 0.2) is 23.5 Å². The molecule has 0 aromatic rings. The van der Waals surface area contributed by atoms with Crippen LogP contribution in [0.4, 0.5) is 0 Å². The highest BCUT2D eigenvalue weighted by atomic mass is 29.3. The van der Waals surface area contributed by atoms with Crippen molar-refractivity contribution in [2.75, 3.05) is 0 Å². The van der Waals surface area contributed by atoms with E-state index in [9.17, 15) is 4.80 Å². The van der Waals surface area contributed by atoms with E-state index in [1.165, 1.54) is 0 Å². The van der Waals surface area contributed by atoms with Crippen LogP contribution in [0, 0.1) is 0 Å². The Morgan fingerprint density at radius 3 is 0.654 bits per heavy atom. The fourth-order valence-corrected chi connectivity index (χ4v) is 25.9. The highest BCUT2D eigenvalue weighted by Gasteiger charge is 2.60. The van der Waals surface area contributed by atoms with E-state index in [0.29, 0.717) is 0 Å². The van der Waals surface area contributed by atoms with Gasteiger partial charge in [-0.15, -0.1) is 0 Å². The molecule has 0 bridgehead atoms. The number of hydrogen-bond acceptors (Lipinski definition) is 3. The summed E-state index contributed by atoms with van der Waals surface area (Å²) >= 11 is 0. The summed E-state index contributed by atoms with van der Waals surface area (Å²) in [4.78, 5) is 14.1. The molecule has 0 amide bonds. The first-order valence-corrected chi connectivity index (χ1v) is 33.5. The number of hydrogen-bond donors (Lipinski definition) is 0. The van der Waals surface area contributed by atoms with E-state index in [1.807, 2.05) is 0 Å². The van der Waals surface area contributed by atoms with Crippen molar-refractivity contribution in [2.24, 2.45) is 0 Å². The normalized spacial score (nSPS) is 16.2. The highest BCUT2D eigenvalue weighted by molar-refractivity contribution is 7.41. The molecule has 157 valence electrons. The van der Waals surface area contributed by atoms with Gasteiger partial charge in [-0.05, 0) is 39.3 Å². The molecule has 0 unspecified atom stereocenters. The highest BCUT2D eigenvalue weighted by Crippen LogP contribution is 2.33. The van der Waals surface area contributed by atoms with Gasteiger partial charge in [0.05, 0.1) is 22.8 Å². The molecule has 0 heterocycles. The zero-order valence-corrected chi connectivity index (χ0v) is 27.1. The molecule has 0 aliphatic carbocycles. The first kappa shape index (κ1) is 27.4. The molecular formula is C15H45O4Si7. The first-order chi connectivity index (χ1) is 10.9. The third kappa shape index (κ3) is 7.00. The topological polar surface area (TPSA) is 47.6 Å². The summed E-state index contributed by atoms with van der Waals surface area (Å²) in [5.41, 5.74) is 0. The molecule has 0 saturated heterocycles. The molecule has 0 aliphatic heterocycles. The van der Waals surface area contributed by atoms with Gasteiger partial charge in [-0.3, -0.25) is 0 Å². The lowest BCUT2D eigenvalue weighted by molar-refractivity contribution is 0.108. The lowest BCUT2D eigenvalue weighted by Crippen LogP contribution is -2.72. The largest absolute Gasteiger partial charge is 0.674 e. The molecule has 11 heteroatoms. The minimum Gasteiger partial charge on any atom is -0.397 e. The van der Waals surface area contributed by atoms with Crippen molar-refractivity contribution in [3.05, 3.63) is 0 Å². The average molecular weight is 486 g/mol. The molecule has 0 spiro atoms. The van der Waals surface area contributed by atoms with Crippen LogP contribution in [0.5, 0.6) is 0 Å². The van der Waals surface area contributed by atoms with Crippen molar-refractivity contribution >= 4 is 55.3 Å². The predicted molar refractivity (Wildman–Crippen MR) is 132 cm³/mol. The molecule has 0 aromatic carbocycles. The van der Waals surface area contributed by atoms with Crippen LogP contribution in [0.1, 0.15) is 0 Å². The minimum atomic E-state index is -3.95. The molecule has 0 atom stereocenters. The first-order valence-electron chi connectivity index (χ1n) is 9.68. The van der Waals surface area contributed by atoms with Crippen LogP contribution in [-0.2, 0) is 17.1 Å². The van der Waals surface area contributed by atoms with E-state index in [-0.39, 0.29) is 0 Å². The molecule has 0 saturated carbocycles. The molecule has 0 fully saturated rings. The maximum Gasteiger partial charge on any atom is 0.674 e. The lowest BCUT2D eigenvalue weighted by atomic mass is 11.8. The predicted octanol–water partition coefficient (Wildman–Crippen LogP) is 5.77. The molecule has 0 N–H and O–H groups in total. The minimum absolute atomic E-state index is 1.59. The molecular weight excluding hydrogens is 441 g/mol. The Bertz CT molecular complexity index is 418. The maximum atomic E-state index is 14.1. The standard InChI is InChI=1S/C15H45O4Si7/c1-20(2,3)23(10,11)17-26(16,18-24(12,13)21(4,5)6)19-25(14,15)22(7,8)9/h1-15H3. The molecule has 0 aliphatic rings. The third-order valence-corrected chi connectivity index (χ3v) is 61.8. The summed E-state index contributed by atoms with van der Waals surface area (Å²) in [7, 11) is -15.2. The van der Waals surface area contributed by atoms with Gasteiger partial charge in [0, 0.05) is 0 Å². The van der Waals surface area contributed by atoms with Gasteiger partial charge in [-0.2, -0.15) is 0 Å². The second-order valence-corrected chi connectivity index (χ2v) is 62.4. The Morgan fingerprint density at radius 2 is 0.538 bits per heavy atom. The van der Waals surface area contributed by atoms with E-state index in [1.54, 1.807) is 0 Å². The van der Waals surface area contributed by atoms with Gasteiger partial charge < -0.3 is 12.3 Å². The summed E-state index contributed by atoms with van der Waals surface area (Å²) in [6.45, 7) is 33.9. The molecule has 1 radical (unpaired) electrons. The van der Waals surface area contributed by atoms with E-state index >= 15 is 0 Å². The zero-order chi connectivity index (χ0) is 21.6. The van der Waals surface area contributed by atoms with Crippen LogP contribution in [0.25, 0.3) is 0 Å². The van der Waals surface area contributed by atoms with Crippen molar-refractivity contribution in [3.8, 4) is 0 Å². The zero-order valence-electron chi connectivity index (χ0n) is 20.1. The fourth-order valence-electron chi connectivity index (χ4n) is 1.46. The van der Waals surface area contributed by atoms with E-state index in [2.05, 4.69) is 98.2 Å². The van der Waals surface area contributed by atoms with Crippen molar-refractivity contribution in [1.29, 1.82) is 0 Å². The van der Waals surface area contributed by atoms with Crippen LogP contribution in [0.2, 0.25) is 98.2 Å². The summed E-state index contributed by atoms with van der Waals surface area (Å²) in [6, 6.07) is 0. The van der Waals surface area contributed by atoms with Crippen molar-refractivity contribution < 1.29 is 17.1 Å². The van der Waals surface area contributed by atoms with Gasteiger partial charge in [-0.25, -0.2) is 4.80 Å². The Kier molecular flexibility index (Phi) is 8.30. The summed E-state index contributed by atoms with van der Waals surface area (Å²) < 4.78 is 19.5. The van der Waals surface area contributed by atoms with Gasteiger partial charge >= 0.3 is 9.05 Å². The molecule has 0 aromatic heterocycles. The average Bonchev–Trinajstić information content (AvgIpc) is 2.19. The Hall–Kier alpha value is 1.36. The van der Waals surface area contributed by atoms with E-state index in [0.717, 1.165) is 0 Å². The Labute approximate surface area is 170 Å². The van der Waals surface area contributed by atoms with Gasteiger partial charge in [0.2, 0.25) is 0 Å². The Balaban J connectivity index is 6.05. The van der Waals surface area contributed by atoms with E-state index in [4.69, 9.17) is 12.3 Å². The van der Waals surface area contributed by atoms with Crippen LogP contribution in [-0.4, -0.2) is 55.3 Å². The van der Waals surface area contributed by atoms with Gasteiger partial charge in [0.25, 0.3) is 0 Å². The van der Waals surface area contributed by atoms with E-state index < -0.39 is 55.3 Å². The Morgan fingerprint density at radius 1 is 0.385 bits per heavy atom. The quantitative estimate of drug-likeness (QED) is 0.389. The van der Waals surface area contributed by atoms with Crippen molar-refractivity contribution in [2.45, 2.75) is 98.2 Å². The monoisotopic (exact) mass is 485 g/mol. The van der Waals surface area contributed by atoms with Crippen LogP contribution >= 0.6 is 0 Å². The molecule has 26 heavy (non-hydrogen) atoms. The second-order valence-electron chi connectivity index (χ2n) is 12.1. The summed E-state index contributed by atoms with van der Waals surface area (Å²) in [5.74, 6) is 0. The fraction of sp³-hybridized carbons (Fsp3) is 1.00. The maximum absolute atomic E-state index is 14.1.